The Kier molecular flexibility index (Phi) is 6.89. The van der Waals surface area contributed by atoms with Crippen molar-refractivity contribution in [2.75, 3.05) is 0 Å². The van der Waals surface area contributed by atoms with Crippen LogP contribution in [0.5, 0.6) is 5.75 Å². The van der Waals surface area contributed by atoms with Crippen LogP contribution in [0.3, 0.4) is 0 Å². The summed E-state index contributed by atoms with van der Waals surface area (Å²) in [5.41, 5.74) is 4.98. The van der Waals surface area contributed by atoms with Crippen molar-refractivity contribution in [3.05, 3.63) is 123 Å². The van der Waals surface area contributed by atoms with Crippen molar-refractivity contribution < 1.29 is 18.7 Å². The Hall–Kier alpha value is -3.49. The molecule has 1 saturated carbocycles. The van der Waals surface area contributed by atoms with E-state index in [1.807, 2.05) is 36.4 Å². The molecule has 1 aliphatic carbocycles. The molecular weight excluding hydrogens is 588 g/mol. The molecule has 0 bridgehead atoms. The van der Waals surface area contributed by atoms with Crippen LogP contribution in [0.1, 0.15) is 33.7 Å². The number of hydrogen-bond donors (Lipinski definition) is 1. The summed E-state index contributed by atoms with van der Waals surface area (Å²) >= 11 is 6.86. The Morgan fingerprint density at radius 1 is 0.972 bits per heavy atom. The van der Waals surface area contributed by atoms with Gasteiger partial charge in [0.2, 0.25) is 11.7 Å². The van der Waals surface area contributed by atoms with Crippen molar-refractivity contribution in [3.63, 3.8) is 0 Å². The maximum atomic E-state index is 13.2. The zero-order valence-electron chi connectivity index (χ0n) is 18.9. The van der Waals surface area contributed by atoms with Crippen LogP contribution < -0.4 is 10.2 Å². The normalized spacial score (nSPS) is 16.0. The number of hydrazone groups is 1. The lowest BCUT2D eigenvalue weighted by atomic mass is 9.85. The molecule has 0 unspecified atom stereocenters. The maximum Gasteiger partial charge on any atom is 0.379 e. The third-order valence-electron chi connectivity index (χ3n) is 6.19. The highest BCUT2D eigenvalue weighted by Crippen LogP contribution is 2.58. The Morgan fingerprint density at radius 2 is 1.64 bits per heavy atom. The number of nitrogens with one attached hydrogen (secondary N) is 1. The van der Waals surface area contributed by atoms with Gasteiger partial charge >= 0.3 is 5.97 Å². The standard InChI is InChI=1S/C28H20Br2N2O4/c29-21-14-18(25(23(30)15-21)36-27(34)24-12-7-13-35-24)17-31-32-26(33)22-16-28(22,19-8-3-1-4-9-19)20-10-5-2-6-11-20/h1-15,17,22H,16H2,(H,32,33)/b31-17-/t22-/m0/s1. The van der Waals surface area contributed by atoms with E-state index in [9.17, 15) is 9.59 Å². The summed E-state index contributed by atoms with van der Waals surface area (Å²) in [5, 5.41) is 4.19. The van der Waals surface area contributed by atoms with Crippen LogP contribution in [0.25, 0.3) is 0 Å². The van der Waals surface area contributed by atoms with E-state index in [0.717, 1.165) is 15.6 Å². The number of amides is 1. The summed E-state index contributed by atoms with van der Waals surface area (Å²) in [6.45, 7) is 0. The summed E-state index contributed by atoms with van der Waals surface area (Å²) in [7, 11) is 0. The van der Waals surface area contributed by atoms with Gasteiger partial charge in [-0.3, -0.25) is 4.79 Å². The summed E-state index contributed by atoms with van der Waals surface area (Å²) < 4.78 is 11.9. The predicted molar refractivity (Wildman–Crippen MR) is 143 cm³/mol. The van der Waals surface area contributed by atoms with Crippen LogP contribution in [-0.4, -0.2) is 18.1 Å². The minimum absolute atomic E-state index is 0.0768. The number of carbonyl (C=O) groups excluding carboxylic acids is 2. The average Bonchev–Trinajstić information content (AvgIpc) is 3.42. The lowest BCUT2D eigenvalue weighted by Crippen LogP contribution is -2.25. The van der Waals surface area contributed by atoms with Gasteiger partial charge < -0.3 is 9.15 Å². The molecule has 6 nitrogen and oxygen atoms in total. The van der Waals surface area contributed by atoms with Gasteiger partial charge in [0.1, 0.15) is 0 Å². The molecule has 36 heavy (non-hydrogen) atoms. The van der Waals surface area contributed by atoms with Crippen LogP contribution >= 0.6 is 31.9 Å². The first-order chi connectivity index (χ1) is 17.5. The summed E-state index contributed by atoms with van der Waals surface area (Å²) in [6, 6.07) is 26.7. The second-order valence-electron chi connectivity index (χ2n) is 8.37. The third kappa shape index (κ3) is 4.79. The Bertz CT molecular complexity index is 1380. The van der Waals surface area contributed by atoms with Gasteiger partial charge in [-0.2, -0.15) is 5.10 Å². The maximum absolute atomic E-state index is 13.2. The summed E-state index contributed by atoms with van der Waals surface area (Å²) in [5.74, 6) is -0.748. The number of nitrogens with zero attached hydrogens (tertiary/aromatic N) is 1. The van der Waals surface area contributed by atoms with Crippen molar-refractivity contribution in [3.8, 4) is 5.75 Å². The predicted octanol–water partition coefficient (Wildman–Crippen LogP) is 6.48. The average molecular weight is 608 g/mol. The van der Waals surface area contributed by atoms with Crippen molar-refractivity contribution in [2.45, 2.75) is 11.8 Å². The van der Waals surface area contributed by atoms with Gasteiger partial charge in [0, 0.05) is 15.5 Å². The molecule has 1 fully saturated rings. The lowest BCUT2D eigenvalue weighted by molar-refractivity contribution is -0.122. The highest BCUT2D eigenvalue weighted by molar-refractivity contribution is 9.11. The monoisotopic (exact) mass is 606 g/mol. The molecule has 1 aromatic heterocycles. The topological polar surface area (TPSA) is 80.9 Å². The largest absolute Gasteiger partial charge is 0.457 e. The van der Waals surface area contributed by atoms with Crippen molar-refractivity contribution in [1.82, 2.24) is 5.43 Å². The number of ether oxygens (including phenoxy) is 1. The quantitative estimate of drug-likeness (QED) is 0.113. The number of carbonyl (C=O) groups is 2. The molecule has 5 rings (SSSR count). The minimum atomic E-state index is -0.643. The molecule has 1 N–H and O–H groups in total. The zero-order valence-corrected chi connectivity index (χ0v) is 22.0. The molecule has 1 amide bonds. The molecule has 0 spiro atoms. The first-order valence-corrected chi connectivity index (χ1v) is 12.8. The zero-order chi connectivity index (χ0) is 25.1. The van der Waals surface area contributed by atoms with Crippen LogP contribution in [0.4, 0.5) is 0 Å². The van der Waals surface area contributed by atoms with E-state index in [2.05, 4.69) is 66.7 Å². The van der Waals surface area contributed by atoms with E-state index in [0.29, 0.717) is 16.5 Å². The van der Waals surface area contributed by atoms with Gasteiger partial charge in [-0.05, 0) is 57.7 Å². The first kappa shape index (κ1) is 24.2. The van der Waals surface area contributed by atoms with Gasteiger partial charge in [0.05, 0.1) is 22.9 Å². The van der Waals surface area contributed by atoms with Crippen LogP contribution in [0, 0.1) is 5.92 Å². The van der Waals surface area contributed by atoms with E-state index >= 15 is 0 Å². The molecule has 3 aromatic carbocycles. The number of hydrogen-bond acceptors (Lipinski definition) is 5. The Labute approximate surface area is 224 Å². The lowest BCUT2D eigenvalue weighted by Gasteiger charge is -2.18. The second-order valence-corrected chi connectivity index (χ2v) is 10.1. The molecule has 0 aliphatic heterocycles. The first-order valence-electron chi connectivity index (χ1n) is 11.2. The van der Waals surface area contributed by atoms with Gasteiger partial charge in [-0.25, -0.2) is 10.2 Å². The van der Waals surface area contributed by atoms with E-state index in [-0.39, 0.29) is 28.7 Å². The summed E-state index contributed by atoms with van der Waals surface area (Å²) in [6.07, 6.45) is 3.54. The third-order valence-corrected chi connectivity index (χ3v) is 7.23. The van der Waals surface area contributed by atoms with Crippen LogP contribution in [0.15, 0.2) is 110 Å². The molecule has 0 radical (unpaired) electrons. The van der Waals surface area contributed by atoms with Gasteiger partial charge in [-0.15, -0.1) is 0 Å². The van der Waals surface area contributed by atoms with E-state index < -0.39 is 5.97 Å². The SMILES string of the molecule is O=C(Oc1c(Br)cc(Br)cc1/C=N\NC(=O)[C@@H]1CC1(c1ccccc1)c1ccccc1)c1ccco1. The molecular formula is C28H20Br2N2O4. The molecule has 1 heterocycles. The Balaban J connectivity index is 1.35. The summed E-state index contributed by atoms with van der Waals surface area (Å²) in [4.78, 5) is 25.6. The fourth-order valence-electron chi connectivity index (χ4n) is 4.42. The van der Waals surface area contributed by atoms with Crippen molar-refractivity contribution in [1.29, 1.82) is 0 Å². The van der Waals surface area contributed by atoms with Gasteiger partial charge in [0.15, 0.2) is 5.75 Å². The fourth-order valence-corrected chi connectivity index (χ4v) is 5.76. The van der Waals surface area contributed by atoms with Gasteiger partial charge in [0.25, 0.3) is 0 Å². The van der Waals surface area contributed by atoms with Crippen LogP contribution in [-0.2, 0) is 10.2 Å². The van der Waals surface area contributed by atoms with Crippen LogP contribution in [0.2, 0.25) is 0 Å². The number of esters is 1. The molecule has 1 atom stereocenters. The van der Waals surface area contributed by atoms with Crippen molar-refractivity contribution >= 4 is 50.0 Å². The van der Waals surface area contributed by atoms with Crippen molar-refractivity contribution in [2.24, 2.45) is 11.0 Å². The minimum Gasteiger partial charge on any atom is -0.457 e. The second kappa shape index (κ2) is 10.2. The molecule has 4 aromatic rings. The number of halogens is 2. The molecule has 8 heteroatoms. The molecule has 1 aliphatic rings. The smallest absolute Gasteiger partial charge is 0.379 e. The highest BCUT2D eigenvalue weighted by atomic mass is 79.9. The van der Waals surface area contributed by atoms with Gasteiger partial charge in [-0.1, -0.05) is 76.6 Å². The molecule has 0 saturated heterocycles. The van der Waals surface area contributed by atoms with E-state index in [1.165, 1.54) is 18.5 Å². The fraction of sp³-hybridized carbons (Fsp3) is 0.107. The number of rotatable bonds is 7. The van der Waals surface area contributed by atoms with E-state index in [4.69, 9.17) is 9.15 Å². The molecule has 180 valence electrons. The Morgan fingerprint density at radius 3 is 2.25 bits per heavy atom. The highest BCUT2D eigenvalue weighted by Gasteiger charge is 2.60. The number of furan rings is 1. The number of benzene rings is 3. The van der Waals surface area contributed by atoms with E-state index in [1.54, 1.807) is 18.2 Å².